The Kier molecular flexibility index (Phi) is 7.11. The Morgan fingerprint density at radius 2 is 1.53 bits per heavy atom. The average molecular weight is 262 g/mol. The normalized spacial score (nSPS) is 13.5. The minimum absolute atomic E-state index is 0.577. The van der Waals surface area contributed by atoms with Crippen LogP contribution in [0.4, 0.5) is 0 Å². The number of benzene rings is 1. The molecule has 1 aromatic rings. The maximum absolute atomic E-state index is 3.58. The molecule has 2 heteroatoms. The van der Waals surface area contributed by atoms with Gasteiger partial charge in [0.1, 0.15) is 0 Å². The molecule has 1 N–H and O–H groups in total. The maximum atomic E-state index is 3.58. The van der Waals surface area contributed by atoms with Gasteiger partial charge in [0.15, 0.2) is 0 Å². The average Bonchev–Trinajstić information content (AvgIpc) is 2.38. The maximum Gasteiger partial charge on any atom is 0.0112 e. The number of rotatable bonds is 8. The predicted molar refractivity (Wildman–Crippen MR) is 84.7 cm³/mol. The Morgan fingerprint density at radius 1 is 0.947 bits per heavy atom. The molecular formula is C17H30N2. The summed E-state index contributed by atoms with van der Waals surface area (Å²) in [6.07, 6.45) is 0. The van der Waals surface area contributed by atoms with E-state index in [0.717, 1.165) is 19.6 Å². The third-order valence-corrected chi connectivity index (χ3v) is 3.69. The minimum atomic E-state index is 0.577. The molecule has 2 nitrogen and oxygen atoms in total. The standard InChI is InChI=1S/C17H30N2/c1-14(2)19(15(3)4)12-11-18-13-16(5)17-9-7-6-8-10-17/h6-10,14-16,18H,11-13H2,1-5H3. The number of hydrogen-bond donors (Lipinski definition) is 1. The lowest BCUT2D eigenvalue weighted by atomic mass is 10.0. The first kappa shape index (κ1) is 16.2. The second-order valence-corrected chi connectivity index (χ2v) is 5.94. The van der Waals surface area contributed by atoms with Gasteiger partial charge in [0.2, 0.25) is 0 Å². The van der Waals surface area contributed by atoms with Crippen molar-refractivity contribution in [2.75, 3.05) is 19.6 Å². The van der Waals surface area contributed by atoms with Crippen LogP contribution in [0.2, 0.25) is 0 Å². The van der Waals surface area contributed by atoms with Crippen molar-refractivity contribution >= 4 is 0 Å². The zero-order valence-electron chi connectivity index (χ0n) is 13.2. The van der Waals surface area contributed by atoms with E-state index in [-0.39, 0.29) is 0 Å². The van der Waals surface area contributed by atoms with Gasteiger partial charge in [-0.3, -0.25) is 4.90 Å². The molecule has 0 heterocycles. The van der Waals surface area contributed by atoms with E-state index in [9.17, 15) is 0 Å². The Labute approximate surface area is 119 Å². The third-order valence-electron chi connectivity index (χ3n) is 3.69. The highest BCUT2D eigenvalue weighted by atomic mass is 15.2. The van der Waals surface area contributed by atoms with Crippen LogP contribution in [0, 0.1) is 0 Å². The smallest absolute Gasteiger partial charge is 0.0112 e. The van der Waals surface area contributed by atoms with Gasteiger partial charge >= 0.3 is 0 Å². The molecule has 0 aliphatic rings. The van der Waals surface area contributed by atoms with Crippen LogP contribution in [-0.4, -0.2) is 36.6 Å². The van der Waals surface area contributed by atoms with Crippen molar-refractivity contribution in [3.8, 4) is 0 Å². The molecule has 0 bridgehead atoms. The lowest BCUT2D eigenvalue weighted by Gasteiger charge is -2.30. The van der Waals surface area contributed by atoms with Crippen molar-refractivity contribution in [2.24, 2.45) is 0 Å². The molecule has 0 radical (unpaired) electrons. The highest BCUT2D eigenvalue weighted by Crippen LogP contribution is 2.12. The molecule has 0 fully saturated rings. The molecule has 0 saturated heterocycles. The summed E-state index contributed by atoms with van der Waals surface area (Å²) in [5.41, 5.74) is 1.42. The summed E-state index contributed by atoms with van der Waals surface area (Å²) in [6.45, 7) is 14.6. The molecule has 1 unspecified atom stereocenters. The minimum Gasteiger partial charge on any atom is -0.315 e. The largest absolute Gasteiger partial charge is 0.315 e. The van der Waals surface area contributed by atoms with Crippen LogP contribution in [0.1, 0.15) is 46.1 Å². The molecule has 0 spiro atoms. The summed E-state index contributed by atoms with van der Waals surface area (Å²) >= 11 is 0. The van der Waals surface area contributed by atoms with Gasteiger partial charge in [0.25, 0.3) is 0 Å². The van der Waals surface area contributed by atoms with Gasteiger partial charge in [-0.05, 0) is 39.2 Å². The highest BCUT2D eigenvalue weighted by Gasteiger charge is 2.12. The second kappa shape index (κ2) is 8.34. The van der Waals surface area contributed by atoms with Gasteiger partial charge < -0.3 is 5.32 Å². The van der Waals surface area contributed by atoms with Crippen LogP contribution in [0.5, 0.6) is 0 Å². The fourth-order valence-electron chi connectivity index (χ4n) is 2.54. The molecular weight excluding hydrogens is 232 g/mol. The third kappa shape index (κ3) is 5.75. The van der Waals surface area contributed by atoms with E-state index < -0.39 is 0 Å². The molecule has 1 aromatic carbocycles. The van der Waals surface area contributed by atoms with Crippen LogP contribution < -0.4 is 5.32 Å². The van der Waals surface area contributed by atoms with Crippen LogP contribution in [0.25, 0.3) is 0 Å². The fourth-order valence-corrected chi connectivity index (χ4v) is 2.54. The molecule has 0 saturated carbocycles. The zero-order chi connectivity index (χ0) is 14.3. The van der Waals surface area contributed by atoms with Crippen molar-refractivity contribution < 1.29 is 0 Å². The van der Waals surface area contributed by atoms with E-state index in [4.69, 9.17) is 0 Å². The molecule has 0 aromatic heterocycles. The fraction of sp³-hybridized carbons (Fsp3) is 0.647. The monoisotopic (exact) mass is 262 g/mol. The van der Waals surface area contributed by atoms with Crippen molar-refractivity contribution in [3.05, 3.63) is 35.9 Å². The Morgan fingerprint density at radius 3 is 2.05 bits per heavy atom. The lowest BCUT2D eigenvalue weighted by Crippen LogP contribution is -2.41. The Balaban J connectivity index is 2.27. The lowest BCUT2D eigenvalue weighted by molar-refractivity contribution is 0.176. The van der Waals surface area contributed by atoms with Crippen molar-refractivity contribution in [2.45, 2.75) is 52.6 Å². The first-order valence-corrected chi connectivity index (χ1v) is 7.53. The van der Waals surface area contributed by atoms with Gasteiger partial charge in [-0.25, -0.2) is 0 Å². The first-order chi connectivity index (χ1) is 9.02. The molecule has 19 heavy (non-hydrogen) atoms. The zero-order valence-corrected chi connectivity index (χ0v) is 13.2. The van der Waals surface area contributed by atoms with Crippen molar-refractivity contribution in [3.63, 3.8) is 0 Å². The first-order valence-electron chi connectivity index (χ1n) is 7.53. The number of nitrogens with one attached hydrogen (secondary N) is 1. The summed E-state index contributed by atoms with van der Waals surface area (Å²) < 4.78 is 0. The summed E-state index contributed by atoms with van der Waals surface area (Å²) in [5, 5.41) is 3.58. The SMILES string of the molecule is CC(CNCCN(C(C)C)C(C)C)c1ccccc1. The highest BCUT2D eigenvalue weighted by molar-refractivity contribution is 5.18. The van der Waals surface area contributed by atoms with Gasteiger partial charge in [0.05, 0.1) is 0 Å². The molecule has 1 rings (SSSR count). The molecule has 0 aliphatic carbocycles. The van der Waals surface area contributed by atoms with Gasteiger partial charge in [-0.15, -0.1) is 0 Å². The second-order valence-electron chi connectivity index (χ2n) is 5.94. The van der Waals surface area contributed by atoms with Crippen LogP contribution in [0.3, 0.4) is 0 Å². The topological polar surface area (TPSA) is 15.3 Å². The quantitative estimate of drug-likeness (QED) is 0.721. The van der Waals surface area contributed by atoms with E-state index >= 15 is 0 Å². The van der Waals surface area contributed by atoms with E-state index in [2.05, 4.69) is 75.2 Å². The summed E-state index contributed by atoms with van der Waals surface area (Å²) in [7, 11) is 0. The molecule has 108 valence electrons. The van der Waals surface area contributed by atoms with Gasteiger partial charge in [-0.2, -0.15) is 0 Å². The van der Waals surface area contributed by atoms with Crippen LogP contribution >= 0.6 is 0 Å². The van der Waals surface area contributed by atoms with E-state index in [1.807, 2.05) is 0 Å². The predicted octanol–water partition coefficient (Wildman–Crippen LogP) is 3.50. The van der Waals surface area contributed by atoms with Crippen molar-refractivity contribution in [1.29, 1.82) is 0 Å². The van der Waals surface area contributed by atoms with Gasteiger partial charge in [-0.1, -0.05) is 37.3 Å². The Hall–Kier alpha value is -0.860. The summed E-state index contributed by atoms with van der Waals surface area (Å²) in [6, 6.07) is 12.0. The number of hydrogen-bond acceptors (Lipinski definition) is 2. The molecule has 0 amide bonds. The van der Waals surface area contributed by atoms with Gasteiger partial charge in [0, 0.05) is 31.7 Å². The van der Waals surface area contributed by atoms with Crippen LogP contribution in [0.15, 0.2) is 30.3 Å². The van der Waals surface area contributed by atoms with E-state index in [1.165, 1.54) is 5.56 Å². The van der Waals surface area contributed by atoms with E-state index in [0.29, 0.717) is 18.0 Å². The Bertz CT molecular complexity index is 324. The summed E-state index contributed by atoms with van der Waals surface area (Å²) in [5.74, 6) is 0.577. The van der Waals surface area contributed by atoms with Crippen LogP contribution in [-0.2, 0) is 0 Å². The molecule has 0 aliphatic heterocycles. The molecule has 1 atom stereocenters. The summed E-state index contributed by atoms with van der Waals surface area (Å²) in [4.78, 5) is 2.53. The van der Waals surface area contributed by atoms with Crippen molar-refractivity contribution in [1.82, 2.24) is 10.2 Å². The van der Waals surface area contributed by atoms with E-state index in [1.54, 1.807) is 0 Å². The number of nitrogens with zero attached hydrogens (tertiary/aromatic N) is 1.